The van der Waals surface area contributed by atoms with Gasteiger partial charge in [-0.15, -0.1) is 0 Å². The minimum Gasteiger partial charge on any atom is -0.439 e. The molecule has 0 radical (unpaired) electrons. The van der Waals surface area contributed by atoms with Gasteiger partial charge in [-0.25, -0.2) is 4.79 Å². The molecule has 0 aliphatic carbocycles. The van der Waals surface area contributed by atoms with Crippen LogP contribution in [-0.2, 0) is 0 Å². The van der Waals surface area contributed by atoms with Crippen LogP contribution in [0.4, 0.5) is 11.6 Å². The summed E-state index contributed by atoms with van der Waals surface area (Å²) >= 11 is 0. The molecular weight excluding hydrogens is 326 g/mol. The van der Waals surface area contributed by atoms with E-state index in [1.807, 2.05) is 49.4 Å². The lowest BCUT2D eigenvalue weighted by Crippen LogP contribution is -2.00. The van der Waals surface area contributed by atoms with E-state index in [1.165, 1.54) is 5.56 Å². The summed E-state index contributed by atoms with van der Waals surface area (Å²) in [6.07, 6.45) is 0. The van der Waals surface area contributed by atoms with Crippen LogP contribution in [0.15, 0.2) is 68.2 Å². The Morgan fingerprint density at radius 2 is 1.65 bits per heavy atom. The van der Waals surface area contributed by atoms with E-state index in [0.717, 1.165) is 16.8 Å². The first-order valence-corrected chi connectivity index (χ1v) is 8.50. The average molecular weight is 345 g/mol. The molecule has 0 spiro atoms. The molecule has 0 saturated carbocycles. The molecule has 4 rings (SSSR count). The van der Waals surface area contributed by atoms with Gasteiger partial charge in [-0.05, 0) is 38.0 Å². The van der Waals surface area contributed by atoms with E-state index in [1.54, 1.807) is 13.0 Å². The third kappa shape index (κ3) is 2.80. The van der Waals surface area contributed by atoms with Crippen LogP contribution >= 0.6 is 0 Å². The van der Waals surface area contributed by atoms with Crippen molar-refractivity contribution in [1.82, 2.24) is 0 Å². The Morgan fingerprint density at radius 1 is 0.885 bits per heavy atom. The van der Waals surface area contributed by atoms with E-state index < -0.39 is 5.63 Å². The fraction of sp³-hybridized carbons (Fsp3) is 0.136. The van der Waals surface area contributed by atoms with E-state index in [9.17, 15) is 4.79 Å². The molecule has 0 aliphatic heterocycles. The van der Waals surface area contributed by atoms with Crippen LogP contribution in [0.1, 0.15) is 16.9 Å². The Balaban J connectivity index is 1.96. The first-order chi connectivity index (χ1) is 12.5. The second kappa shape index (κ2) is 6.23. The van der Waals surface area contributed by atoms with E-state index in [-0.39, 0.29) is 0 Å². The van der Waals surface area contributed by atoms with Crippen LogP contribution in [0.5, 0.6) is 0 Å². The Morgan fingerprint density at radius 3 is 2.38 bits per heavy atom. The summed E-state index contributed by atoms with van der Waals surface area (Å²) in [4.78, 5) is 12.5. The third-order valence-electron chi connectivity index (χ3n) is 4.42. The second-order valence-electron chi connectivity index (χ2n) is 6.50. The molecule has 4 heteroatoms. The van der Waals surface area contributed by atoms with E-state index >= 15 is 0 Å². The van der Waals surface area contributed by atoms with Crippen molar-refractivity contribution in [2.75, 3.05) is 5.32 Å². The van der Waals surface area contributed by atoms with Crippen molar-refractivity contribution in [2.24, 2.45) is 0 Å². The molecule has 0 saturated heterocycles. The van der Waals surface area contributed by atoms with Gasteiger partial charge in [0.2, 0.25) is 5.88 Å². The smallest absolute Gasteiger partial charge is 0.347 e. The minimum absolute atomic E-state index is 0.392. The average Bonchev–Trinajstić information content (AvgIpc) is 2.96. The first-order valence-electron chi connectivity index (χ1n) is 8.50. The highest BCUT2D eigenvalue weighted by Crippen LogP contribution is 2.39. The predicted octanol–water partition coefficient (Wildman–Crippen LogP) is 5.72. The van der Waals surface area contributed by atoms with Crippen molar-refractivity contribution in [1.29, 1.82) is 0 Å². The summed E-state index contributed by atoms with van der Waals surface area (Å²) in [5.41, 5.74) is 4.97. The number of aryl methyl sites for hydroxylation is 3. The Kier molecular flexibility index (Phi) is 3.88. The molecule has 2 heterocycles. The molecule has 1 N–H and O–H groups in total. The Bertz CT molecular complexity index is 1150. The van der Waals surface area contributed by atoms with Crippen molar-refractivity contribution in [2.45, 2.75) is 20.8 Å². The van der Waals surface area contributed by atoms with Crippen LogP contribution in [-0.4, -0.2) is 0 Å². The van der Waals surface area contributed by atoms with Crippen molar-refractivity contribution >= 4 is 22.5 Å². The molecule has 0 atom stereocenters. The van der Waals surface area contributed by atoms with Gasteiger partial charge in [0.15, 0.2) is 0 Å². The molecule has 4 aromatic rings. The maximum atomic E-state index is 12.5. The maximum Gasteiger partial charge on any atom is 0.347 e. The molecule has 0 bridgehead atoms. The lowest BCUT2D eigenvalue weighted by atomic mass is 10.0. The van der Waals surface area contributed by atoms with Gasteiger partial charge >= 0.3 is 5.63 Å². The summed E-state index contributed by atoms with van der Waals surface area (Å²) in [7, 11) is 0. The number of rotatable bonds is 3. The van der Waals surface area contributed by atoms with Crippen LogP contribution in [0, 0.1) is 20.8 Å². The lowest BCUT2D eigenvalue weighted by Gasteiger charge is -2.10. The zero-order chi connectivity index (χ0) is 18.3. The van der Waals surface area contributed by atoms with Gasteiger partial charge in [-0.1, -0.05) is 48.0 Å². The lowest BCUT2D eigenvalue weighted by molar-refractivity contribution is 0.485. The van der Waals surface area contributed by atoms with Gasteiger partial charge in [0.05, 0.1) is 5.56 Å². The van der Waals surface area contributed by atoms with Crippen molar-refractivity contribution in [3.63, 3.8) is 0 Å². The SMILES string of the molecule is Cc1ccc(Nc2oc3cc(C)oc(=O)c3c2-c2ccccc2)c(C)c1. The summed E-state index contributed by atoms with van der Waals surface area (Å²) in [6, 6.07) is 17.6. The van der Waals surface area contributed by atoms with Gasteiger partial charge in [0.25, 0.3) is 0 Å². The third-order valence-corrected chi connectivity index (χ3v) is 4.42. The zero-order valence-corrected chi connectivity index (χ0v) is 14.9. The van der Waals surface area contributed by atoms with E-state index in [4.69, 9.17) is 8.83 Å². The molecule has 26 heavy (non-hydrogen) atoms. The quantitative estimate of drug-likeness (QED) is 0.516. The molecule has 0 aliphatic rings. The van der Waals surface area contributed by atoms with E-state index in [0.29, 0.717) is 28.2 Å². The van der Waals surface area contributed by atoms with Crippen molar-refractivity contribution < 1.29 is 8.83 Å². The highest BCUT2D eigenvalue weighted by Gasteiger charge is 2.21. The number of hydrogen-bond acceptors (Lipinski definition) is 4. The molecule has 0 unspecified atom stereocenters. The Hall–Kier alpha value is -3.27. The summed E-state index contributed by atoms with van der Waals surface area (Å²) in [5, 5.41) is 3.81. The highest BCUT2D eigenvalue weighted by atomic mass is 16.4. The van der Waals surface area contributed by atoms with Gasteiger partial charge < -0.3 is 14.2 Å². The van der Waals surface area contributed by atoms with Crippen molar-refractivity contribution in [3.8, 4) is 11.1 Å². The monoisotopic (exact) mass is 345 g/mol. The van der Waals surface area contributed by atoms with Gasteiger partial charge in [-0.2, -0.15) is 0 Å². The minimum atomic E-state index is -0.392. The van der Waals surface area contributed by atoms with Crippen LogP contribution in [0.2, 0.25) is 0 Å². The molecular formula is C22H19NO3. The summed E-state index contributed by atoms with van der Waals surface area (Å²) in [6.45, 7) is 5.84. The number of fused-ring (bicyclic) bond motifs is 1. The largest absolute Gasteiger partial charge is 0.439 e. The molecule has 4 nitrogen and oxygen atoms in total. The first kappa shape index (κ1) is 16.2. The predicted molar refractivity (Wildman–Crippen MR) is 104 cm³/mol. The normalized spacial score (nSPS) is 11.0. The zero-order valence-electron chi connectivity index (χ0n) is 14.9. The Labute approximate surface area is 151 Å². The van der Waals surface area contributed by atoms with Crippen molar-refractivity contribution in [3.05, 3.63) is 81.9 Å². The second-order valence-corrected chi connectivity index (χ2v) is 6.50. The number of hydrogen-bond donors (Lipinski definition) is 1. The molecule has 0 fully saturated rings. The summed E-state index contributed by atoms with van der Waals surface area (Å²) < 4.78 is 11.3. The van der Waals surface area contributed by atoms with Gasteiger partial charge in [0, 0.05) is 11.8 Å². The van der Waals surface area contributed by atoms with E-state index in [2.05, 4.69) is 18.3 Å². The fourth-order valence-corrected chi connectivity index (χ4v) is 3.21. The van der Waals surface area contributed by atoms with Crippen LogP contribution in [0.25, 0.3) is 22.1 Å². The van der Waals surface area contributed by atoms with Crippen LogP contribution < -0.4 is 10.9 Å². The number of furan rings is 1. The van der Waals surface area contributed by atoms with Gasteiger partial charge in [0.1, 0.15) is 16.7 Å². The van der Waals surface area contributed by atoms with Gasteiger partial charge in [-0.3, -0.25) is 0 Å². The fourth-order valence-electron chi connectivity index (χ4n) is 3.21. The standard InChI is InChI=1S/C22H19NO3/c1-13-9-10-17(14(2)11-13)23-21-19(16-7-5-4-6-8-16)20-18(26-21)12-15(3)25-22(20)24/h4-12,23H,1-3H3. The highest BCUT2D eigenvalue weighted by molar-refractivity contribution is 6.00. The van der Waals surface area contributed by atoms with Crippen LogP contribution in [0.3, 0.4) is 0 Å². The topological polar surface area (TPSA) is 55.4 Å². The maximum absolute atomic E-state index is 12.5. The summed E-state index contributed by atoms with van der Waals surface area (Å²) in [5.74, 6) is 1.06. The molecule has 2 aromatic heterocycles. The molecule has 130 valence electrons. The molecule has 0 amide bonds. The molecule has 2 aromatic carbocycles. The number of nitrogens with one attached hydrogen (secondary N) is 1. The number of anilines is 2. The number of benzene rings is 2.